The third-order valence-electron chi connectivity index (χ3n) is 3.46. The number of carbonyl (C=O) groups is 1. The van der Waals surface area contributed by atoms with Gasteiger partial charge in [0.25, 0.3) is 0 Å². The van der Waals surface area contributed by atoms with Crippen LogP contribution in [0.25, 0.3) is 0 Å². The maximum absolute atomic E-state index is 12.1. The van der Waals surface area contributed by atoms with Gasteiger partial charge in [-0.25, -0.2) is 0 Å². The molecule has 0 radical (unpaired) electrons. The zero-order valence-corrected chi connectivity index (χ0v) is 12.4. The second-order valence-corrected chi connectivity index (χ2v) is 5.36. The lowest BCUT2D eigenvalue weighted by Gasteiger charge is -2.32. The fraction of sp³-hybridized carbons (Fsp3) is 0.500. The predicted octanol–water partition coefficient (Wildman–Crippen LogP) is 3.36. The number of anilines is 1. The molecule has 21 heavy (non-hydrogen) atoms. The van der Waals surface area contributed by atoms with E-state index in [0.717, 1.165) is 18.5 Å². The van der Waals surface area contributed by atoms with E-state index >= 15 is 0 Å². The lowest BCUT2D eigenvalue weighted by atomic mass is 10.0. The van der Waals surface area contributed by atoms with E-state index in [0.29, 0.717) is 13.1 Å². The van der Waals surface area contributed by atoms with E-state index in [1.165, 1.54) is 6.07 Å². The molecule has 0 atom stereocenters. The molecular formula is C14H17ClF2N2O2. The van der Waals surface area contributed by atoms with E-state index < -0.39 is 6.61 Å². The quantitative estimate of drug-likeness (QED) is 0.925. The van der Waals surface area contributed by atoms with Gasteiger partial charge in [-0.2, -0.15) is 8.78 Å². The third kappa shape index (κ3) is 4.46. The Morgan fingerprint density at radius 2 is 2.10 bits per heavy atom. The van der Waals surface area contributed by atoms with Gasteiger partial charge in [-0.05, 0) is 31.0 Å². The van der Waals surface area contributed by atoms with Gasteiger partial charge in [-0.15, -0.1) is 0 Å². The van der Waals surface area contributed by atoms with Crippen molar-refractivity contribution in [3.8, 4) is 5.75 Å². The number of alkyl halides is 2. The largest absolute Gasteiger partial charge is 0.433 e. The number of likely N-dealkylation sites (tertiary alicyclic amines) is 1. The molecule has 1 saturated heterocycles. The number of benzene rings is 1. The maximum atomic E-state index is 12.1. The van der Waals surface area contributed by atoms with Crippen molar-refractivity contribution < 1.29 is 18.3 Å². The van der Waals surface area contributed by atoms with E-state index in [2.05, 4.69) is 10.1 Å². The second kappa shape index (κ2) is 6.93. The molecule has 1 amide bonds. The van der Waals surface area contributed by atoms with Crippen LogP contribution < -0.4 is 10.1 Å². The van der Waals surface area contributed by atoms with Crippen LogP contribution in [0.4, 0.5) is 14.5 Å². The predicted molar refractivity (Wildman–Crippen MR) is 77.0 cm³/mol. The molecule has 1 aliphatic rings. The van der Waals surface area contributed by atoms with E-state index in [1.54, 1.807) is 19.1 Å². The van der Waals surface area contributed by atoms with Gasteiger partial charge in [-0.3, -0.25) is 4.79 Å². The van der Waals surface area contributed by atoms with Crippen molar-refractivity contribution in [3.05, 3.63) is 23.2 Å². The van der Waals surface area contributed by atoms with Crippen LogP contribution in [-0.2, 0) is 4.79 Å². The molecule has 1 aromatic carbocycles. The third-order valence-corrected chi connectivity index (χ3v) is 3.75. The monoisotopic (exact) mass is 318 g/mol. The number of piperidine rings is 1. The second-order valence-electron chi connectivity index (χ2n) is 4.95. The number of rotatable bonds is 4. The number of nitrogens with zero attached hydrogens (tertiary/aromatic N) is 1. The smallest absolute Gasteiger partial charge is 0.387 e. The van der Waals surface area contributed by atoms with Gasteiger partial charge in [0.15, 0.2) is 0 Å². The first-order valence-electron chi connectivity index (χ1n) is 6.72. The minimum atomic E-state index is -2.89. The maximum Gasteiger partial charge on any atom is 0.387 e. The van der Waals surface area contributed by atoms with Gasteiger partial charge in [0, 0.05) is 31.7 Å². The Balaban J connectivity index is 1.92. The molecule has 1 N–H and O–H groups in total. The molecule has 1 heterocycles. The molecule has 7 heteroatoms. The first kappa shape index (κ1) is 15.8. The highest BCUT2D eigenvalue weighted by atomic mass is 35.5. The van der Waals surface area contributed by atoms with Crippen LogP contribution in [0.1, 0.15) is 19.8 Å². The highest BCUT2D eigenvalue weighted by Crippen LogP contribution is 2.29. The molecule has 0 aromatic heterocycles. The Morgan fingerprint density at radius 1 is 1.43 bits per heavy atom. The van der Waals surface area contributed by atoms with Gasteiger partial charge in [0.1, 0.15) is 5.75 Å². The Morgan fingerprint density at radius 3 is 2.62 bits per heavy atom. The van der Waals surface area contributed by atoms with Gasteiger partial charge in [-0.1, -0.05) is 11.6 Å². The van der Waals surface area contributed by atoms with Crippen LogP contribution in [0.2, 0.25) is 5.02 Å². The number of ether oxygens (including phenoxy) is 1. The van der Waals surface area contributed by atoms with Crippen LogP contribution in [0.3, 0.4) is 0 Å². The zero-order chi connectivity index (χ0) is 15.4. The van der Waals surface area contributed by atoms with Crippen molar-refractivity contribution in [2.24, 2.45) is 0 Å². The first-order valence-corrected chi connectivity index (χ1v) is 7.10. The minimum absolute atomic E-state index is 0.0383. The van der Waals surface area contributed by atoms with Crippen molar-refractivity contribution in [3.63, 3.8) is 0 Å². The molecule has 0 aliphatic carbocycles. The van der Waals surface area contributed by atoms with Crippen molar-refractivity contribution >= 4 is 23.2 Å². The van der Waals surface area contributed by atoms with E-state index in [-0.39, 0.29) is 22.7 Å². The lowest BCUT2D eigenvalue weighted by Crippen LogP contribution is -2.41. The average Bonchev–Trinajstić information content (AvgIpc) is 2.42. The number of carbonyl (C=O) groups excluding carboxylic acids is 1. The molecule has 0 saturated carbocycles. The Bertz CT molecular complexity index is 506. The van der Waals surface area contributed by atoms with Gasteiger partial charge in [0.05, 0.1) is 5.02 Å². The van der Waals surface area contributed by atoms with Crippen LogP contribution in [0.5, 0.6) is 5.75 Å². The first-order chi connectivity index (χ1) is 9.95. The van der Waals surface area contributed by atoms with Crippen LogP contribution >= 0.6 is 11.6 Å². The molecule has 0 spiro atoms. The van der Waals surface area contributed by atoms with Crippen LogP contribution in [0, 0.1) is 0 Å². The minimum Gasteiger partial charge on any atom is -0.433 e. The summed E-state index contributed by atoms with van der Waals surface area (Å²) in [5.41, 5.74) is 0.753. The Labute approximate surface area is 127 Å². The summed E-state index contributed by atoms with van der Waals surface area (Å²) in [6.07, 6.45) is 1.68. The molecule has 1 aromatic rings. The topological polar surface area (TPSA) is 41.6 Å². The Kier molecular flexibility index (Phi) is 5.22. The molecule has 0 bridgehead atoms. The standard InChI is InChI=1S/C14H17ClF2N2O2/c1-9(20)19-6-4-10(5-7-19)18-11-2-3-13(12(15)8-11)21-14(16)17/h2-3,8,10,14,18H,4-7H2,1H3. The summed E-state index contributed by atoms with van der Waals surface area (Å²) in [5, 5.41) is 3.44. The molecule has 0 unspecified atom stereocenters. The van der Waals surface area contributed by atoms with Gasteiger partial charge < -0.3 is 15.0 Å². The van der Waals surface area contributed by atoms with Crippen molar-refractivity contribution in [2.75, 3.05) is 18.4 Å². The SMILES string of the molecule is CC(=O)N1CCC(Nc2ccc(OC(F)F)c(Cl)c2)CC1. The summed E-state index contributed by atoms with van der Waals surface area (Å²) in [6, 6.07) is 4.87. The number of halogens is 3. The summed E-state index contributed by atoms with van der Waals surface area (Å²) in [4.78, 5) is 13.1. The molecule has 116 valence electrons. The summed E-state index contributed by atoms with van der Waals surface area (Å²) in [7, 11) is 0. The van der Waals surface area contributed by atoms with Crippen molar-refractivity contribution in [2.45, 2.75) is 32.4 Å². The van der Waals surface area contributed by atoms with Crippen molar-refractivity contribution in [1.29, 1.82) is 0 Å². The average molecular weight is 319 g/mol. The fourth-order valence-corrected chi connectivity index (χ4v) is 2.58. The summed E-state index contributed by atoms with van der Waals surface area (Å²) in [5.74, 6) is 0.0496. The van der Waals surface area contributed by atoms with E-state index in [1.807, 2.05) is 4.90 Å². The van der Waals surface area contributed by atoms with Gasteiger partial charge in [0.2, 0.25) is 5.91 Å². The summed E-state index contributed by atoms with van der Waals surface area (Å²) >= 11 is 5.90. The molecule has 2 rings (SSSR count). The zero-order valence-electron chi connectivity index (χ0n) is 11.6. The number of nitrogens with one attached hydrogen (secondary N) is 1. The lowest BCUT2D eigenvalue weighted by molar-refractivity contribution is -0.129. The number of hydrogen-bond acceptors (Lipinski definition) is 3. The fourth-order valence-electron chi connectivity index (χ4n) is 2.36. The summed E-state index contributed by atoms with van der Waals surface area (Å²) in [6.45, 7) is 0.104. The molecule has 1 fully saturated rings. The van der Waals surface area contributed by atoms with E-state index in [4.69, 9.17) is 11.6 Å². The molecule has 4 nitrogen and oxygen atoms in total. The number of amides is 1. The van der Waals surface area contributed by atoms with E-state index in [9.17, 15) is 13.6 Å². The van der Waals surface area contributed by atoms with Crippen LogP contribution in [0.15, 0.2) is 18.2 Å². The van der Waals surface area contributed by atoms with Crippen molar-refractivity contribution in [1.82, 2.24) is 4.90 Å². The highest BCUT2D eigenvalue weighted by molar-refractivity contribution is 6.32. The normalized spacial score (nSPS) is 16.1. The molecular weight excluding hydrogens is 302 g/mol. The Hall–Kier alpha value is -1.56. The van der Waals surface area contributed by atoms with Crippen LogP contribution in [-0.4, -0.2) is 36.5 Å². The highest BCUT2D eigenvalue weighted by Gasteiger charge is 2.20. The molecule has 1 aliphatic heterocycles. The number of hydrogen-bond donors (Lipinski definition) is 1. The van der Waals surface area contributed by atoms with Gasteiger partial charge >= 0.3 is 6.61 Å². The summed E-state index contributed by atoms with van der Waals surface area (Å²) < 4.78 is 28.6.